The molecular weight excluding hydrogens is 322 g/mol. The first kappa shape index (κ1) is 22.8. The number of ether oxygens (including phenoxy) is 4. The van der Waals surface area contributed by atoms with Gasteiger partial charge in [-0.1, -0.05) is 17.8 Å². The Morgan fingerprint density at radius 3 is 1.84 bits per heavy atom. The summed E-state index contributed by atoms with van der Waals surface area (Å²) in [5, 5.41) is 2.76. The molecule has 0 unspecified atom stereocenters. The van der Waals surface area contributed by atoms with Crippen LogP contribution in [0.25, 0.3) is 0 Å². The molecule has 0 fully saturated rings. The average molecular weight is 349 g/mol. The van der Waals surface area contributed by atoms with E-state index in [1.54, 1.807) is 27.7 Å². The summed E-state index contributed by atoms with van der Waals surface area (Å²) in [5.41, 5.74) is -1.66. The molecule has 1 N–H and O–H groups in total. The van der Waals surface area contributed by atoms with Crippen LogP contribution in [0.5, 0.6) is 0 Å². The summed E-state index contributed by atoms with van der Waals surface area (Å²) < 4.78 is 21.7. The van der Waals surface area contributed by atoms with Crippen molar-refractivity contribution in [1.29, 1.82) is 0 Å². The second-order valence-corrected chi connectivity index (χ2v) is 6.22. The minimum Gasteiger partial charge on any atom is -0.444 e. The van der Waals surface area contributed by atoms with Crippen LogP contribution in [-0.2, 0) is 18.9 Å². The van der Waals surface area contributed by atoms with Crippen molar-refractivity contribution in [1.82, 2.24) is 5.32 Å². The molecule has 0 spiro atoms. The van der Waals surface area contributed by atoms with E-state index < -0.39 is 17.2 Å². The van der Waals surface area contributed by atoms with Gasteiger partial charge in [-0.05, 0) is 27.7 Å². The number of carbonyl (C=O) groups excluding carboxylic acids is 1. The van der Waals surface area contributed by atoms with Crippen molar-refractivity contribution in [3.05, 3.63) is 0 Å². The average Bonchev–Trinajstić information content (AvgIpc) is 2.50. The van der Waals surface area contributed by atoms with Gasteiger partial charge in [0.2, 0.25) is 0 Å². The minimum atomic E-state index is -1.01. The Morgan fingerprint density at radius 2 is 1.44 bits per heavy atom. The highest BCUT2D eigenvalue weighted by Crippen LogP contribution is 2.12. The first-order valence-electron chi connectivity index (χ1n) is 7.79. The van der Waals surface area contributed by atoms with E-state index in [9.17, 15) is 4.79 Å². The predicted octanol–water partition coefficient (Wildman–Crippen LogP) is 1.59. The first-order chi connectivity index (χ1) is 11.8. The SMILES string of the molecule is C#CCOCC(COCC#C)(COCC#CC)NC(=O)OC(C)(C)C. The van der Waals surface area contributed by atoms with Gasteiger partial charge in [-0.25, -0.2) is 4.79 Å². The van der Waals surface area contributed by atoms with Crippen molar-refractivity contribution < 1.29 is 23.7 Å². The smallest absolute Gasteiger partial charge is 0.408 e. The number of alkyl carbamates (subject to hydrolysis) is 1. The number of amides is 1. The normalized spacial score (nSPS) is 10.8. The Balaban J connectivity index is 5.16. The summed E-state index contributed by atoms with van der Waals surface area (Å²) in [6, 6.07) is 0. The van der Waals surface area contributed by atoms with Crippen molar-refractivity contribution in [2.75, 3.05) is 39.6 Å². The predicted molar refractivity (Wildman–Crippen MR) is 95.7 cm³/mol. The lowest BCUT2D eigenvalue weighted by atomic mass is 10.0. The van der Waals surface area contributed by atoms with Crippen LogP contribution in [0.1, 0.15) is 27.7 Å². The fourth-order valence-electron chi connectivity index (χ4n) is 1.73. The monoisotopic (exact) mass is 349 g/mol. The molecule has 0 atom stereocenters. The maximum Gasteiger partial charge on any atom is 0.408 e. The van der Waals surface area contributed by atoms with Gasteiger partial charge in [-0.15, -0.1) is 18.8 Å². The number of carbonyl (C=O) groups is 1. The summed E-state index contributed by atoms with van der Waals surface area (Å²) in [5.74, 6) is 10.3. The second kappa shape index (κ2) is 12.2. The van der Waals surface area contributed by atoms with Crippen LogP contribution < -0.4 is 5.32 Å². The van der Waals surface area contributed by atoms with Crippen LogP contribution in [0.3, 0.4) is 0 Å². The molecule has 0 aliphatic rings. The van der Waals surface area contributed by atoms with Crippen LogP contribution in [0.2, 0.25) is 0 Å². The molecule has 0 radical (unpaired) electrons. The molecule has 0 saturated carbocycles. The molecule has 1 amide bonds. The molecule has 0 heterocycles. The van der Waals surface area contributed by atoms with Crippen molar-refractivity contribution in [2.45, 2.75) is 38.8 Å². The fourth-order valence-corrected chi connectivity index (χ4v) is 1.73. The van der Waals surface area contributed by atoms with Crippen LogP contribution >= 0.6 is 0 Å². The Hall–Kier alpha value is -2.17. The van der Waals surface area contributed by atoms with Gasteiger partial charge >= 0.3 is 6.09 Å². The van der Waals surface area contributed by atoms with E-state index in [0.717, 1.165) is 0 Å². The van der Waals surface area contributed by atoms with Crippen LogP contribution in [0, 0.1) is 36.5 Å². The van der Waals surface area contributed by atoms with Gasteiger partial charge in [0.15, 0.2) is 0 Å². The van der Waals surface area contributed by atoms with E-state index in [4.69, 9.17) is 31.8 Å². The molecule has 0 rings (SSSR count). The Morgan fingerprint density at radius 1 is 0.960 bits per heavy atom. The fraction of sp³-hybridized carbons (Fsp3) is 0.632. The van der Waals surface area contributed by atoms with Crippen molar-refractivity contribution in [3.63, 3.8) is 0 Å². The van der Waals surface area contributed by atoms with Crippen LogP contribution in [0.15, 0.2) is 0 Å². The highest BCUT2D eigenvalue weighted by Gasteiger charge is 2.35. The van der Waals surface area contributed by atoms with Gasteiger partial charge in [0.05, 0.1) is 19.8 Å². The zero-order chi connectivity index (χ0) is 19.2. The number of nitrogens with one attached hydrogen (secondary N) is 1. The zero-order valence-electron chi connectivity index (χ0n) is 15.4. The summed E-state index contributed by atoms with van der Waals surface area (Å²) in [6.07, 6.45) is 9.80. The lowest BCUT2D eigenvalue weighted by molar-refractivity contribution is -0.0299. The Kier molecular flexibility index (Phi) is 11.2. The first-order valence-corrected chi connectivity index (χ1v) is 7.79. The van der Waals surface area contributed by atoms with Gasteiger partial charge in [0.1, 0.15) is 31.0 Å². The molecule has 0 aliphatic heterocycles. The van der Waals surface area contributed by atoms with E-state index in [1.165, 1.54) is 0 Å². The highest BCUT2D eigenvalue weighted by atomic mass is 16.6. The van der Waals surface area contributed by atoms with Crippen LogP contribution in [-0.4, -0.2) is 56.9 Å². The molecule has 0 aliphatic carbocycles. The van der Waals surface area contributed by atoms with E-state index in [2.05, 4.69) is 29.0 Å². The number of hydrogen-bond acceptors (Lipinski definition) is 5. The molecule has 6 heteroatoms. The summed E-state index contributed by atoms with van der Waals surface area (Å²) >= 11 is 0. The van der Waals surface area contributed by atoms with Crippen molar-refractivity contribution >= 4 is 6.09 Å². The van der Waals surface area contributed by atoms with Gasteiger partial charge in [-0.3, -0.25) is 0 Å². The zero-order valence-corrected chi connectivity index (χ0v) is 15.4. The third-order valence-electron chi connectivity index (χ3n) is 2.62. The number of hydrogen-bond donors (Lipinski definition) is 1. The van der Waals surface area contributed by atoms with Gasteiger partial charge in [0, 0.05) is 0 Å². The maximum absolute atomic E-state index is 12.2. The minimum absolute atomic E-state index is 0.0700. The molecule has 0 aromatic carbocycles. The van der Waals surface area contributed by atoms with E-state index >= 15 is 0 Å². The number of rotatable bonds is 10. The molecule has 0 aromatic heterocycles. The summed E-state index contributed by atoms with van der Waals surface area (Å²) in [6.45, 7) is 7.63. The van der Waals surface area contributed by atoms with Crippen molar-refractivity contribution in [2.24, 2.45) is 0 Å². The molecule has 0 aromatic rings. The van der Waals surface area contributed by atoms with E-state index in [1.807, 2.05) is 0 Å². The maximum atomic E-state index is 12.2. The molecule has 0 bridgehead atoms. The Bertz CT molecular complexity index is 519. The molecule has 25 heavy (non-hydrogen) atoms. The standard InChI is InChI=1S/C19H27NO5/c1-7-10-13-24-16-19(14-22-11-8-2,15-23-12-9-3)20-17(21)25-18(4,5)6/h2-3H,11-16H2,1,4-6H3,(H,20,21). The quantitative estimate of drug-likeness (QED) is 0.479. The lowest BCUT2D eigenvalue weighted by Crippen LogP contribution is -2.59. The second-order valence-electron chi connectivity index (χ2n) is 6.22. The summed E-state index contributed by atoms with van der Waals surface area (Å²) in [4.78, 5) is 12.2. The molecule has 138 valence electrons. The van der Waals surface area contributed by atoms with E-state index in [0.29, 0.717) is 0 Å². The largest absolute Gasteiger partial charge is 0.444 e. The van der Waals surface area contributed by atoms with E-state index in [-0.39, 0.29) is 39.6 Å². The molecular formula is C19H27NO5. The Labute approximate surface area is 150 Å². The topological polar surface area (TPSA) is 66.0 Å². The number of terminal acetylenes is 2. The summed E-state index contributed by atoms with van der Waals surface area (Å²) in [7, 11) is 0. The van der Waals surface area contributed by atoms with Crippen LogP contribution in [0.4, 0.5) is 4.79 Å². The molecule has 6 nitrogen and oxygen atoms in total. The molecule has 0 saturated heterocycles. The van der Waals surface area contributed by atoms with Gasteiger partial charge in [-0.2, -0.15) is 0 Å². The van der Waals surface area contributed by atoms with Gasteiger partial charge < -0.3 is 24.3 Å². The third kappa shape index (κ3) is 11.9. The lowest BCUT2D eigenvalue weighted by Gasteiger charge is -2.34. The highest BCUT2D eigenvalue weighted by molar-refractivity contribution is 5.69. The third-order valence-corrected chi connectivity index (χ3v) is 2.62. The van der Waals surface area contributed by atoms with Crippen molar-refractivity contribution in [3.8, 4) is 36.5 Å². The van der Waals surface area contributed by atoms with Gasteiger partial charge in [0.25, 0.3) is 0 Å².